The monoisotopic (exact) mass is 353 g/mol. The van der Waals surface area contributed by atoms with E-state index in [1.54, 1.807) is 18.5 Å². The topological polar surface area (TPSA) is 67.5 Å². The van der Waals surface area contributed by atoms with Gasteiger partial charge in [-0.05, 0) is 50.2 Å². The Morgan fingerprint density at radius 1 is 1.24 bits per heavy atom. The van der Waals surface area contributed by atoms with Crippen molar-refractivity contribution in [3.63, 3.8) is 0 Å². The lowest BCUT2D eigenvalue weighted by Crippen LogP contribution is -2.01. The third-order valence-electron chi connectivity index (χ3n) is 3.88. The second-order valence-electron chi connectivity index (χ2n) is 5.58. The van der Waals surface area contributed by atoms with Crippen LogP contribution >= 0.6 is 11.6 Å². The van der Waals surface area contributed by atoms with E-state index in [0.717, 1.165) is 22.8 Å². The second-order valence-corrected chi connectivity index (χ2v) is 5.98. The van der Waals surface area contributed by atoms with Crippen LogP contribution in [0, 0.1) is 13.8 Å². The molecule has 5 nitrogen and oxygen atoms in total. The predicted molar refractivity (Wildman–Crippen MR) is 98.7 cm³/mol. The largest absolute Gasteiger partial charge is 0.478 e. The van der Waals surface area contributed by atoms with Gasteiger partial charge in [0.15, 0.2) is 0 Å². The number of rotatable bonds is 4. The number of halogens is 1. The lowest BCUT2D eigenvalue weighted by atomic mass is 10.2. The Balaban J connectivity index is 1.96. The van der Waals surface area contributed by atoms with Crippen LogP contribution in [-0.4, -0.2) is 26.8 Å². The molecule has 1 N–H and O–H groups in total. The molecule has 0 radical (unpaired) electrons. The number of nitrogens with zero attached hydrogens (tertiary/aromatic N) is 3. The zero-order valence-corrected chi connectivity index (χ0v) is 14.5. The molecule has 2 heterocycles. The number of carbonyl (C=O) groups is 1. The van der Waals surface area contributed by atoms with Crippen molar-refractivity contribution < 1.29 is 9.90 Å². The first-order valence-corrected chi connectivity index (χ1v) is 8.02. The molecule has 0 fully saturated rings. The molecule has 25 heavy (non-hydrogen) atoms. The summed E-state index contributed by atoms with van der Waals surface area (Å²) >= 11 is 5.88. The van der Waals surface area contributed by atoms with Crippen molar-refractivity contribution in [1.82, 2.24) is 9.55 Å². The Labute approximate surface area is 150 Å². The van der Waals surface area contributed by atoms with E-state index in [9.17, 15) is 4.79 Å². The second kappa shape index (κ2) is 6.91. The molecule has 0 aliphatic rings. The van der Waals surface area contributed by atoms with Crippen molar-refractivity contribution in [1.29, 1.82) is 0 Å². The molecular formula is C19H16ClN3O2. The molecule has 1 aromatic carbocycles. The summed E-state index contributed by atoms with van der Waals surface area (Å²) < 4.78 is 2.05. The highest BCUT2D eigenvalue weighted by Crippen LogP contribution is 2.23. The van der Waals surface area contributed by atoms with E-state index in [-0.39, 0.29) is 10.6 Å². The van der Waals surface area contributed by atoms with Crippen molar-refractivity contribution in [2.45, 2.75) is 13.8 Å². The van der Waals surface area contributed by atoms with Crippen LogP contribution in [0.15, 0.2) is 53.7 Å². The Kier molecular flexibility index (Phi) is 4.67. The average molecular weight is 354 g/mol. The van der Waals surface area contributed by atoms with E-state index >= 15 is 0 Å². The molecule has 0 saturated heterocycles. The molecule has 3 rings (SSSR count). The molecule has 0 bridgehead atoms. The Morgan fingerprint density at radius 2 is 2.04 bits per heavy atom. The van der Waals surface area contributed by atoms with Gasteiger partial charge in [-0.3, -0.25) is 4.99 Å². The van der Waals surface area contributed by atoms with Gasteiger partial charge in [0.25, 0.3) is 0 Å². The highest BCUT2D eigenvalue weighted by molar-refractivity contribution is 6.33. The minimum Gasteiger partial charge on any atom is -0.478 e. The maximum absolute atomic E-state index is 11.2. The zero-order chi connectivity index (χ0) is 18.0. The van der Waals surface area contributed by atoms with Gasteiger partial charge >= 0.3 is 5.97 Å². The van der Waals surface area contributed by atoms with Crippen LogP contribution in [0.2, 0.25) is 5.02 Å². The van der Waals surface area contributed by atoms with Gasteiger partial charge in [-0.1, -0.05) is 17.7 Å². The van der Waals surface area contributed by atoms with E-state index in [4.69, 9.17) is 16.7 Å². The number of aryl methyl sites for hydroxylation is 1. The third-order valence-corrected chi connectivity index (χ3v) is 4.21. The summed E-state index contributed by atoms with van der Waals surface area (Å²) in [5.74, 6) is -0.229. The first-order chi connectivity index (χ1) is 12.0. The van der Waals surface area contributed by atoms with E-state index in [2.05, 4.69) is 9.98 Å². The van der Waals surface area contributed by atoms with Crippen LogP contribution in [0.1, 0.15) is 27.3 Å². The number of aliphatic imine (C=N–C) groups is 1. The molecule has 0 unspecified atom stereocenters. The normalized spacial score (nSPS) is 11.2. The van der Waals surface area contributed by atoms with E-state index in [1.165, 1.54) is 12.1 Å². The number of benzene rings is 1. The van der Waals surface area contributed by atoms with Crippen molar-refractivity contribution in [2.75, 3.05) is 0 Å². The number of hydrogen-bond acceptors (Lipinski definition) is 3. The third kappa shape index (κ3) is 3.46. The smallest absolute Gasteiger partial charge is 0.337 e. The maximum Gasteiger partial charge on any atom is 0.337 e. The molecule has 6 heteroatoms. The van der Waals surface area contributed by atoms with Gasteiger partial charge in [-0.25, -0.2) is 9.78 Å². The van der Waals surface area contributed by atoms with Crippen molar-refractivity contribution in [3.05, 3.63) is 76.2 Å². The average Bonchev–Trinajstić information content (AvgIpc) is 2.88. The summed E-state index contributed by atoms with van der Waals surface area (Å²) in [6.45, 7) is 4.00. The lowest BCUT2D eigenvalue weighted by molar-refractivity contribution is 0.0697. The molecule has 3 aromatic rings. The quantitative estimate of drug-likeness (QED) is 0.697. The SMILES string of the molecule is Cc1cc(C=Nc2ccc(Cl)c(C(=O)O)c2)c(C)n1-c1ccccn1. The summed E-state index contributed by atoms with van der Waals surface area (Å²) in [7, 11) is 0. The van der Waals surface area contributed by atoms with Crippen molar-refractivity contribution in [3.8, 4) is 5.82 Å². The van der Waals surface area contributed by atoms with Crippen LogP contribution in [-0.2, 0) is 0 Å². The molecule has 2 aromatic heterocycles. The van der Waals surface area contributed by atoms with Gasteiger partial charge < -0.3 is 9.67 Å². The van der Waals surface area contributed by atoms with Crippen LogP contribution in [0.5, 0.6) is 0 Å². The molecule has 0 aliphatic heterocycles. The number of carboxylic acid groups (broad SMARTS) is 1. The summed E-state index contributed by atoms with van der Waals surface area (Å²) in [5.41, 5.74) is 3.56. The van der Waals surface area contributed by atoms with Crippen LogP contribution < -0.4 is 0 Å². The summed E-state index contributed by atoms with van der Waals surface area (Å²) in [6, 6.07) is 12.5. The molecule has 0 atom stereocenters. The van der Waals surface area contributed by atoms with Gasteiger partial charge in [0.1, 0.15) is 5.82 Å². The van der Waals surface area contributed by atoms with E-state index < -0.39 is 5.97 Å². The molecular weight excluding hydrogens is 338 g/mol. The Hall–Kier alpha value is -2.92. The molecule has 126 valence electrons. The number of aromatic carboxylic acids is 1. The first-order valence-electron chi connectivity index (χ1n) is 7.64. The van der Waals surface area contributed by atoms with E-state index in [0.29, 0.717) is 5.69 Å². The van der Waals surface area contributed by atoms with E-state index in [1.807, 2.05) is 42.7 Å². The number of pyridine rings is 1. The standard InChI is InChI=1S/C19H16ClN3O2/c1-12-9-14(13(2)23(12)18-5-3-4-8-21-18)11-22-15-6-7-17(20)16(10-15)19(24)25/h3-11H,1-2H3,(H,24,25). The number of carboxylic acids is 1. The Morgan fingerprint density at radius 3 is 2.72 bits per heavy atom. The van der Waals surface area contributed by atoms with Crippen molar-refractivity contribution >= 4 is 29.5 Å². The highest BCUT2D eigenvalue weighted by Gasteiger charge is 2.11. The number of aromatic nitrogens is 2. The van der Waals surface area contributed by atoms with Crippen LogP contribution in [0.25, 0.3) is 5.82 Å². The maximum atomic E-state index is 11.2. The minimum atomic E-state index is -1.07. The fourth-order valence-corrected chi connectivity index (χ4v) is 2.86. The van der Waals surface area contributed by atoms with Crippen LogP contribution in [0.3, 0.4) is 0 Å². The van der Waals surface area contributed by atoms with Gasteiger partial charge in [-0.2, -0.15) is 0 Å². The van der Waals surface area contributed by atoms with Crippen molar-refractivity contribution in [2.24, 2.45) is 4.99 Å². The summed E-state index contributed by atoms with van der Waals surface area (Å²) in [4.78, 5) is 19.9. The molecule has 0 amide bonds. The molecule has 0 saturated carbocycles. The highest BCUT2D eigenvalue weighted by atomic mass is 35.5. The molecule has 0 spiro atoms. The first kappa shape index (κ1) is 16.9. The minimum absolute atomic E-state index is 0.0373. The number of hydrogen-bond donors (Lipinski definition) is 1. The van der Waals surface area contributed by atoms with Gasteiger partial charge in [0.05, 0.1) is 16.3 Å². The zero-order valence-electron chi connectivity index (χ0n) is 13.8. The summed E-state index contributed by atoms with van der Waals surface area (Å²) in [5, 5.41) is 9.33. The van der Waals surface area contributed by atoms with Crippen LogP contribution in [0.4, 0.5) is 5.69 Å². The molecule has 0 aliphatic carbocycles. The fraction of sp³-hybridized carbons (Fsp3) is 0.105. The Bertz CT molecular complexity index is 962. The lowest BCUT2D eigenvalue weighted by Gasteiger charge is -2.07. The summed E-state index contributed by atoms with van der Waals surface area (Å²) in [6.07, 6.45) is 3.47. The van der Waals surface area contributed by atoms with Gasteiger partial charge in [-0.15, -0.1) is 0 Å². The van der Waals surface area contributed by atoms with Gasteiger partial charge in [0, 0.05) is 29.4 Å². The fourth-order valence-electron chi connectivity index (χ4n) is 2.66. The van der Waals surface area contributed by atoms with Gasteiger partial charge in [0.2, 0.25) is 0 Å². The predicted octanol–water partition coefficient (Wildman–Crippen LogP) is 4.59.